The normalized spacial score (nSPS) is 28.4. The first-order chi connectivity index (χ1) is 17.4. The fourth-order valence-electron chi connectivity index (χ4n) is 5.07. The molecule has 0 saturated carbocycles. The molecule has 1 aromatic heterocycles. The van der Waals surface area contributed by atoms with E-state index in [1.807, 2.05) is 44.4 Å². The Morgan fingerprint density at radius 1 is 1.14 bits per heavy atom. The highest BCUT2D eigenvalue weighted by Crippen LogP contribution is 2.32. The van der Waals surface area contributed by atoms with Gasteiger partial charge in [-0.25, -0.2) is 4.98 Å². The number of rotatable bonds is 2. The van der Waals surface area contributed by atoms with Gasteiger partial charge < -0.3 is 14.9 Å². The van der Waals surface area contributed by atoms with Crippen LogP contribution in [0.15, 0.2) is 35.2 Å². The van der Waals surface area contributed by atoms with Crippen LogP contribution in [0.2, 0.25) is 0 Å². The van der Waals surface area contributed by atoms with E-state index in [4.69, 9.17) is 4.74 Å². The number of aliphatic hydroxyl groups excluding tert-OH is 2. The average molecular weight is 528 g/mol. The highest BCUT2D eigenvalue weighted by molar-refractivity contribution is 7.09. The number of aliphatic hydroxyl groups is 2. The maximum Gasteiger partial charge on any atom is 0.309 e. The number of carbonyl (C=O) groups excluding carboxylic acids is 2. The Bertz CT molecular complexity index is 1120. The Morgan fingerprint density at radius 3 is 2.46 bits per heavy atom. The number of esters is 1. The number of aryl methyl sites for hydroxylation is 2. The highest BCUT2D eigenvalue weighted by atomic mass is 32.1. The maximum absolute atomic E-state index is 13.3. The molecule has 2 aromatic rings. The summed E-state index contributed by atoms with van der Waals surface area (Å²) >= 11 is 1.56. The number of carbonyl (C=O) groups is 2. The smallest absolute Gasteiger partial charge is 0.309 e. The summed E-state index contributed by atoms with van der Waals surface area (Å²) in [5.41, 5.74) is 2.77. The number of cyclic esters (lactones) is 1. The number of aromatic nitrogens is 1. The zero-order chi connectivity index (χ0) is 27.3. The van der Waals surface area contributed by atoms with Gasteiger partial charge in [0.25, 0.3) is 0 Å². The van der Waals surface area contributed by atoms with Crippen LogP contribution in [0, 0.1) is 24.2 Å². The molecule has 1 aliphatic heterocycles. The fraction of sp³-hybridized carbons (Fsp3) is 0.567. The van der Waals surface area contributed by atoms with E-state index in [0.717, 1.165) is 41.1 Å². The molecule has 7 heteroatoms. The molecule has 0 amide bonds. The Balaban J connectivity index is 1.97. The van der Waals surface area contributed by atoms with Gasteiger partial charge in [-0.15, -0.1) is 11.3 Å². The van der Waals surface area contributed by atoms with Crippen molar-refractivity contribution in [3.8, 4) is 0 Å². The van der Waals surface area contributed by atoms with Crippen LogP contribution in [0.1, 0.15) is 75.7 Å². The summed E-state index contributed by atoms with van der Waals surface area (Å²) in [6.07, 6.45) is 2.01. The second kappa shape index (κ2) is 12.5. The quantitative estimate of drug-likeness (QED) is 0.513. The largest absolute Gasteiger partial charge is 0.457 e. The lowest BCUT2D eigenvalue weighted by atomic mass is 9.73. The van der Waals surface area contributed by atoms with Crippen LogP contribution >= 0.6 is 11.3 Å². The first-order valence-corrected chi connectivity index (χ1v) is 14.0. The second-order valence-corrected chi connectivity index (χ2v) is 12.1. The molecule has 0 radical (unpaired) electrons. The molecule has 1 aromatic carbocycles. The van der Waals surface area contributed by atoms with Crippen molar-refractivity contribution in [2.24, 2.45) is 17.3 Å². The van der Waals surface area contributed by atoms with Gasteiger partial charge in [0, 0.05) is 17.7 Å². The molecule has 6 nitrogen and oxygen atoms in total. The topological polar surface area (TPSA) is 96.7 Å². The molecule has 2 heterocycles. The zero-order valence-electron chi connectivity index (χ0n) is 22.9. The van der Waals surface area contributed by atoms with E-state index in [0.29, 0.717) is 6.42 Å². The minimum absolute atomic E-state index is 0.0728. The third kappa shape index (κ3) is 7.37. The molecule has 0 spiro atoms. The van der Waals surface area contributed by atoms with Crippen molar-refractivity contribution in [1.29, 1.82) is 0 Å². The van der Waals surface area contributed by atoms with Gasteiger partial charge in [0.05, 0.1) is 34.7 Å². The lowest BCUT2D eigenvalue weighted by Crippen LogP contribution is -2.45. The van der Waals surface area contributed by atoms with Crippen LogP contribution in [0.4, 0.5) is 0 Å². The molecule has 0 bridgehead atoms. The van der Waals surface area contributed by atoms with E-state index >= 15 is 0 Å². The minimum Gasteiger partial charge on any atom is -0.457 e. The number of fused-ring (bicyclic) bond motifs is 1. The van der Waals surface area contributed by atoms with Crippen molar-refractivity contribution in [2.45, 2.75) is 92.0 Å². The van der Waals surface area contributed by atoms with E-state index in [1.165, 1.54) is 5.56 Å². The highest BCUT2D eigenvalue weighted by Gasteiger charge is 2.42. The van der Waals surface area contributed by atoms with Crippen molar-refractivity contribution < 1.29 is 24.5 Å². The number of nitrogens with zero attached hydrogens (tertiary/aromatic N) is 1. The molecule has 37 heavy (non-hydrogen) atoms. The predicted octanol–water partition coefficient (Wildman–Crippen LogP) is 5.33. The van der Waals surface area contributed by atoms with E-state index in [1.54, 1.807) is 32.1 Å². The summed E-state index contributed by atoms with van der Waals surface area (Å²) in [7, 11) is 0. The standard InChI is InChI=1S/C30H41NO5S/c1-18-10-9-13-22-11-7-8-12-23(22)15-25(19(2)14-24-17-37-21(4)31-24)36-27(33)16-26(32)30(5,6)29(35)20(3)28(18)34/h7-8,11-12,14,17-18,20,25-26,28,32,34H,9-10,13,15-16H2,1-6H3/b19-14+/t18-,20-,25-,26+,28-/m1/s1. The summed E-state index contributed by atoms with van der Waals surface area (Å²) in [6.45, 7) is 10.8. The Morgan fingerprint density at radius 2 is 1.81 bits per heavy atom. The van der Waals surface area contributed by atoms with Crippen LogP contribution in [0.5, 0.6) is 0 Å². The molecular formula is C30H41NO5S. The van der Waals surface area contributed by atoms with Gasteiger partial charge in [-0.2, -0.15) is 0 Å². The SMILES string of the molecule is C/C(=C\c1csc(C)n1)[C@H]1Cc2ccccc2CCC[C@@H](C)[C@@H](O)[C@@H](C)C(=O)C(C)(C)[C@@H](O)CC(=O)O1. The lowest BCUT2D eigenvalue weighted by molar-refractivity contribution is -0.154. The summed E-state index contributed by atoms with van der Waals surface area (Å²) in [5, 5.41) is 24.8. The van der Waals surface area contributed by atoms with Gasteiger partial charge in [-0.3, -0.25) is 9.59 Å². The van der Waals surface area contributed by atoms with E-state index in [2.05, 4.69) is 17.1 Å². The molecule has 0 aliphatic carbocycles. The molecule has 2 N–H and O–H groups in total. The lowest BCUT2D eigenvalue weighted by Gasteiger charge is -2.34. The van der Waals surface area contributed by atoms with E-state index < -0.39 is 35.6 Å². The van der Waals surface area contributed by atoms with Crippen LogP contribution in [-0.2, 0) is 27.2 Å². The van der Waals surface area contributed by atoms with Crippen LogP contribution in [0.25, 0.3) is 6.08 Å². The molecule has 0 unspecified atom stereocenters. The van der Waals surface area contributed by atoms with Gasteiger partial charge in [0.1, 0.15) is 11.9 Å². The molecular weight excluding hydrogens is 486 g/mol. The van der Waals surface area contributed by atoms with Crippen molar-refractivity contribution >= 4 is 29.2 Å². The Kier molecular flexibility index (Phi) is 9.84. The van der Waals surface area contributed by atoms with Gasteiger partial charge in [0.15, 0.2) is 0 Å². The Hall–Kier alpha value is -2.35. The molecule has 0 saturated heterocycles. The van der Waals surface area contributed by atoms with Crippen molar-refractivity contribution in [1.82, 2.24) is 4.98 Å². The maximum atomic E-state index is 13.3. The third-order valence-electron chi connectivity index (χ3n) is 7.76. The first-order valence-electron chi connectivity index (χ1n) is 13.2. The summed E-state index contributed by atoms with van der Waals surface area (Å²) in [5.74, 6) is -1.55. The van der Waals surface area contributed by atoms with Crippen LogP contribution in [0.3, 0.4) is 0 Å². The molecule has 1 aliphatic rings. The summed E-state index contributed by atoms with van der Waals surface area (Å²) in [6, 6.07) is 8.16. The summed E-state index contributed by atoms with van der Waals surface area (Å²) in [4.78, 5) is 30.9. The molecule has 5 atom stereocenters. The second-order valence-electron chi connectivity index (χ2n) is 11.1. The fourth-order valence-corrected chi connectivity index (χ4v) is 5.64. The van der Waals surface area contributed by atoms with E-state index in [-0.39, 0.29) is 18.1 Å². The van der Waals surface area contributed by atoms with Crippen molar-refractivity contribution in [2.75, 3.05) is 0 Å². The van der Waals surface area contributed by atoms with Gasteiger partial charge in [-0.1, -0.05) is 52.0 Å². The molecule has 0 fully saturated rings. The van der Waals surface area contributed by atoms with Gasteiger partial charge in [0.2, 0.25) is 0 Å². The number of hydrogen-bond donors (Lipinski definition) is 2. The number of ketones is 1. The monoisotopic (exact) mass is 527 g/mol. The number of ether oxygens (including phenoxy) is 1. The summed E-state index contributed by atoms with van der Waals surface area (Å²) < 4.78 is 5.96. The predicted molar refractivity (Wildman–Crippen MR) is 147 cm³/mol. The first kappa shape index (κ1) is 29.2. The van der Waals surface area contributed by atoms with Crippen LogP contribution in [-0.4, -0.2) is 45.3 Å². The molecule has 3 rings (SSSR count). The van der Waals surface area contributed by atoms with E-state index in [9.17, 15) is 19.8 Å². The number of benzene rings is 1. The van der Waals surface area contributed by atoms with Crippen molar-refractivity contribution in [3.05, 3.63) is 57.0 Å². The number of thiazole rings is 1. The minimum atomic E-state index is -1.23. The average Bonchev–Trinajstić information content (AvgIpc) is 3.26. The number of Topliss-reactive ketones (excluding diaryl/α,β-unsaturated/α-hetero) is 1. The van der Waals surface area contributed by atoms with Crippen LogP contribution < -0.4 is 0 Å². The molecule has 202 valence electrons. The third-order valence-corrected chi connectivity index (χ3v) is 8.55. The zero-order valence-corrected chi connectivity index (χ0v) is 23.7. The van der Waals surface area contributed by atoms with Gasteiger partial charge in [-0.05, 0) is 61.8 Å². The van der Waals surface area contributed by atoms with Gasteiger partial charge >= 0.3 is 5.97 Å². The number of hydrogen-bond acceptors (Lipinski definition) is 7. The Labute approximate surface area is 224 Å². The van der Waals surface area contributed by atoms with Crippen molar-refractivity contribution in [3.63, 3.8) is 0 Å².